The zero-order valence-corrected chi connectivity index (χ0v) is 9.76. The summed E-state index contributed by atoms with van der Waals surface area (Å²) in [6.07, 6.45) is 3.27. The molecule has 0 aromatic heterocycles. The van der Waals surface area contributed by atoms with Crippen molar-refractivity contribution < 1.29 is 4.79 Å². The van der Waals surface area contributed by atoms with E-state index >= 15 is 0 Å². The molecule has 1 N–H and O–H groups in total. The predicted molar refractivity (Wildman–Crippen MR) is 58.1 cm³/mol. The Balaban J connectivity index is 2.17. The molecule has 1 amide bonds. The van der Waals surface area contributed by atoms with Crippen molar-refractivity contribution in [2.45, 2.75) is 38.6 Å². The molecule has 14 heavy (non-hydrogen) atoms. The van der Waals surface area contributed by atoms with Crippen molar-refractivity contribution in [3.05, 3.63) is 0 Å². The van der Waals surface area contributed by atoms with E-state index < -0.39 is 0 Å². The highest BCUT2D eigenvalue weighted by molar-refractivity contribution is 5.75. The quantitative estimate of drug-likeness (QED) is 0.721. The van der Waals surface area contributed by atoms with Crippen LogP contribution in [0.3, 0.4) is 0 Å². The molecule has 3 nitrogen and oxygen atoms in total. The fourth-order valence-electron chi connectivity index (χ4n) is 1.66. The Morgan fingerprint density at radius 3 is 2.43 bits per heavy atom. The molecule has 1 aliphatic rings. The molecule has 3 heteroatoms. The fraction of sp³-hybridized carbons (Fsp3) is 0.909. The lowest BCUT2D eigenvalue weighted by atomic mass is 9.99. The van der Waals surface area contributed by atoms with Gasteiger partial charge in [0.25, 0.3) is 0 Å². The standard InChI is InChI=1S/C11H22N2O/c1-11(2,9-5-6-9)12-8-7-10(14)13(3)4/h9,12H,5-8H2,1-4H3. The van der Waals surface area contributed by atoms with Crippen molar-refractivity contribution in [3.8, 4) is 0 Å². The minimum Gasteiger partial charge on any atom is -0.349 e. The number of hydrogen-bond acceptors (Lipinski definition) is 2. The van der Waals surface area contributed by atoms with Gasteiger partial charge in [-0.1, -0.05) is 0 Å². The van der Waals surface area contributed by atoms with Crippen LogP contribution in [0, 0.1) is 5.92 Å². The maximum Gasteiger partial charge on any atom is 0.223 e. The van der Waals surface area contributed by atoms with Gasteiger partial charge in [-0.05, 0) is 32.6 Å². The van der Waals surface area contributed by atoms with Crippen molar-refractivity contribution in [2.75, 3.05) is 20.6 Å². The Morgan fingerprint density at radius 2 is 2.00 bits per heavy atom. The summed E-state index contributed by atoms with van der Waals surface area (Å²) in [7, 11) is 3.60. The van der Waals surface area contributed by atoms with Gasteiger partial charge in [0.05, 0.1) is 0 Å². The number of hydrogen-bond donors (Lipinski definition) is 1. The molecular weight excluding hydrogens is 176 g/mol. The molecular formula is C11H22N2O. The van der Waals surface area contributed by atoms with Crippen molar-refractivity contribution >= 4 is 5.91 Å². The monoisotopic (exact) mass is 198 g/mol. The smallest absolute Gasteiger partial charge is 0.223 e. The van der Waals surface area contributed by atoms with Gasteiger partial charge in [0.15, 0.2) is 0 Å². The Bertz CT molecular complexity index is 207. The summed E-state index contributed by atoms with van der Waals surface area (Å²) in [6.45, 7) is 5.25. The van der Waals surface area contributed by atoms with Crippen LogP contribution in [0.2, 0.25) is 0 Å². The van der Waals surface area contributed by atoms with Crippen molar-refractivity contribution in [1.82, 2.24) is 10.2 Å². The van der Waals surface area contributed by atoms with Gasteiger partial charge in [0, 0.05) is 32.6 Å². The zero-order valence-electron chi connectivity index (χ0n) is 9.76. The minimum atomic E-state index is 0.198. The highest BCUT2D eigenvalue weighted by Crippen LogP contribution is 2.38. The third-order valence-electron chi connectivity index (χ3n) is 3.02. The van der Waals surface area contributed by atoms with E-state index in [0.29, 0.717) is 6.42 Å². The molecule has 0 aromatic rings. The summed E-state index contributed by atoms with van der Waals surface area (Å²) in [6, 6.07) is 0. The van der Waals surface area contributed by atoms with Gasteiger partial charge in [-0.2, -0.15) is 0 Å². The van der Waals surface area contributed by atoms with Crippen LogP contribution in [0.15, 0.2) is 0 Å². The van der Waals surface area contributed by atoms with Gasteiger partial charge < -0.3 is 10.2 Å². The molecule has 0 heterocycles. The van der Waals surface area contributed by atoms with Crippen LogP contribution < -0.4 is 5.32 Å². The van der Waals surface area contributed by atoms with Gasteiger partial charge in [0.1, 0.15) is 0 Å². The molecule has 0 atom stereocenters. The SMILES string of the molecule is CN(C)C(=O)CCNC(C)(C)C1CC1. The largest absolute Gasteiger partial charge is 0.349 e. The van der Waals surface area contributed by atoms with E-state index in [0.717, 1.165) is 12.5 Å². The molecule has 0 saturated heterocycles. The number of carbonyl (C=O) groups is 1. The van der Waals surface area contributed by atoms with E-state index in [-0.39, 0.29) is 11.4 Å². The highest BCUT2D eigenvalue weighted by Gasteiger charge is 2.37. The maximum absolute atomic E-state index is 11.3. The van der Waals surface area contributed by atoms with Gasteiger partial charge in [-0.25, -0.2) is 0 Å². The first-order valence-corrected chi connectivity index (χ1v) is 5.38. The summed E-state index contributed by atoms with van der Waals surface area (Å²) in [5.41, 5.74) is 0.215. The van der Waals surface area contributed by atoms with Gasteiger partial charge in [-0.15, -0.1) is 0 Å². The Kier molecular flexibility index (Phi) is 3.53. The molecule has 0 radical (unpaired) electrons. The number of rotatable bonds is 5. The number of nitrogens with zero attached hydrogens (tertiary/aromatic N) is 1. The highest BCUT2D eigenvalue weighted by atomic mass is 16.2. The predicted octanol–water partition coefficient (Wildman–Crippen LogP) is 1.24. The van der Waals surface area contributed by atoms with Crippen molar-refractivity contribution in [1.29, 1.82) is 0 Å². The lowest BCUT2D eigenvalue weighted by Crippen LogP contribution is -2.43. The molecule has 82 valence electrons. The number of amides is 1. The van der Waals surface area contributed by atoms with Crippen LogP contribution >= 0.6 is 0 Å². The average Bonchev–Trinajstić information content (AvgIpc) is 2.85. The van der Waals surface area contributed by atoms with Crippen LogP contribution in [-0.2, 0) is 4.79 Å². The lowest BCUT2D eigenvalue weighted by molar-refractivity contribution is -0.128. The summed E-state index contributed by atoms with van der Waals surface area (Å²) >= 11 is 0. The van der Waals surface area contributed by atoms with Crippen LogP contribution in [0.4, 0.5) is 0 Å². The third kappa shape index (κ3) is 3.29. The van der Waals surface area contributed by atoms with Crippen LogP contribution in [0.1, 0.15) is 33.1 Å². The molecule has 1 fully saturated rings. The van der Waals surface area contributed by atoms with E-state index in [2.05, 4.69) is 19.2 Å². The Hall–Kier alpha value is -0.570. The van der Waals surface area contributed by atoms with E-state index in [1.807, 2.05) is 0 Å². The minimum absolute atomic E-state index is 0.198. The topological polar surface area (TPSA) is 32.3 Å². The Labute approximate surface area is 86.9 Å². The van der Waals surface area contributed by atoms with Crippen LogP contribution in [-0.4, -0.2) is 37.0 Å². The average molecular weight is 198 g/mol. The second kappa shape index (κ2) is 4.30. The molecule has 0 unspecified atom stereocenters. The number of nitrogens with one attached hydrogen (secondary N) is 1. The van der Waals surface area contributed by atoms with Gasteiger partial charge in [0.2, 0.25) is 5.91 Å². The second-order valence-corrected chi connectivity index (χ2v) is 4.96. The third-order valence-corrected chi connectivity index (χ3v) is 3.02. The normalized spacial score (nSPS) is 16.9. The lowest BCUT2D eigenvalue weighted by Gasteiger charge is -2.26. The zero-order chi connectivity index (χ0) is 10.8. The molecule has 0 spiro atoms. The molecule has 1 aliphatic carbocycles. The van der Waals surface area contributed by atoms with E-state index in [1.165, 1.54) is 12.8 Å². The summed E-state index contributed by atoms with van der Waals surface area (Å²) < 4.78 is 0. The molecule has 0 aromatic carbocycles. The van der Waals surface area contributed by atoms with Crippen LogP contribution in [0.25, 0.3) is 0 Å². The summed E-state index contributed by atoms with van der Waals surface area (Å²) in [4.78, 5) is 12.9. The fourth-order valence-corrected chi connectivity index (χ4v) is 1.66. The van der Waals surface area contributed by atoms with Crippen molar-refractivity contribution in [3.63, 3.8) is 0 Å². The molecule has 0 bridgehead atoms. The summed E-state index contributed by atoms with van der Waals surface area (Å²) in [5.74, 6) is 1.01. The first kappa shape index (κ1) is 11.5. The molecule has 0 aliphatic heterocycles. The van der Waals surface area contributed by atoms with Crippen LogP contribution in [0.5, 0.6) is 0 Å². The second-order valence-electron chi connectivity index (χ2n) is 4.96. The van der Waals surface area contributed by atoms with E-state index in [1.54, 1.807) is 19.0 Å². The van der Waals surface area contributed by atoms with Crippen molar-refractivity contribution in [2.24, 2.45) is 5.92 Å². The number of carbonyl (C=O) groups excluding carboxylic acids is 1. The summed E-state index contributed by atoms with van der Waals surface area (Å²) in [5, 5.41) is 3.46. The molecule has 1 saturated carbocycles. The maximum atomic E-state index is 11.3. The van der Waals surface area contributed by atoms with Gasteiger partial charge in [-0.3, -0.25) is 4.79 Å². The van der Waals surface area contributed by atoms with Gasteiger partial charge >= 0.3 is 0 Å². The van der Waals surface area contributed by atoms with E-state index in [9.17, 15) is 4.79 Å². The first-order chi connectivity index (χ1) is 6.43. The Morgan fingerprint density at radius 1 is 1.43 bits per heavy atom. The molecule has 1 rings (SSSR count). The first-order valence-electron chi connectivity index (χ1n) is 5.38. The van der Waals surface area contributed by atoms with E-state index in [4.69, 9.17) is 0 Å².